The Balaban J connectivity index is 0.00000129. The maximum absolute atomic E-state index is 12.8. The van der Waals surface area contributed by atoms with Gasteiger partial charge in [0.15, 0.2) is 0 Å². The molecule has 170 valence electrons. The van der Waals surface area contributed by atoms with Crippen LogP contribution in [0.2, 0.25) is 0 Å². The van der Waals surface area contributed by atoms with E-state index < -0.39 is 0 Å². The van der Waals surface area contributed by atoms with Crippen molar-refractivity contribution in [2.45, 2.75) is 13.5 Å². The Morgan fingerprint density at radius 3 is 2.36 bits per heavy atom. The molecule has 0 aliphatic carbocycles. The quantitative estimate of drug-likeness (QED) is 0.317. The Hall–Kier alpha value is -4.21. The lowest BCUT2D eigenvalue weighted by Gasteiger charge is -2.07. The third-order valence-electron chi connectivity index (χ3n) is 4.48. The highest BCUT2D eigenvalue weighted by Gasteiger charge is 2.12. The predicted octanol–water partition coefficient (Wildman–Crippen LogP) is 3.49. The molecule has 0 saturated heterocycles. The number of carbonyl (C=O) groups is 3. The van der Waals surface area contributed by atoms with Crippen LogP contribution in [0.15, 0.2) is 72.9 Å². The van der Waals surface area contributed by atoms with Crippen molar-refractivity contribution in [3.63, 3.8) is 0 Å². The predicted molar refractivity (Wildman–Crippen MR) is 133 cm³/mol. The summed E-state index contributed by atoms with van der Waals surface area (Å²) in [5.41, 5.74) is 8.25. The number of aromatic nitrogens is 1. The number of allylic oxidation sites excluding steroid dienone is 1. The zero-order valence-electron chi connectivity index (χ0n) is 18.9. The third-order valence-corrected chi connectivity index (χ3v) is 4.48. The molecule has 3 rings (SSSR count). The van der Waals surface area contributed by atoms with Crippen molar-refractivity contribution in [3.05, 3.63) is 101 Å². The fraction of sp³-hybridized carbons (Fsp3) is 0.148. The summed E-state index contributed by atoms with van der Waals surface area (Å²) < 4.78 is 1.89. The van der Waals surface area contributed by atoms with E-state index in [0.29, 0.717) is 29.7 Å². The minimum absolute atomic E-state index is 0.00961. The monoisotopic (exact) mass is 443 g/mol. The number of terminal acetylenes is 1. The molecule has 0 aliphatic heterocycles. The van der Waals surface area contributed by atoms with Gasteiger partial charge in [-0.1, -0.05) is 54.1 Å². The highest BCUT2D eigenvalue weighted by Crippen LogP contribution is 2.13. The van der Waals surface area contributed by atoms with E-state index >= 15 is 0 Å². The van der Waals surface area contributed by atoms with Crippen molar-refractivity contribution in [2.24, 2.45) is 5.73 Å². The average Bonchev–Trinajstić information content (AvgIpc) is 3.34. The van der Waals surface area contributed by atoms with Gasteiger partial charge >= 0.3 is 0 Å². The van der Waals surface area contributed by atoms with E-state index in [-0.39, 0.29) is 18.2 Å². The van der Waals surface area contributed by atoms with Gasteiger partial charge < -0.3 is 20.4 Å². The molecule has 0 spiro atoms. The number of nitrogens with two attached hydrogens (primary N) is 1. The van der Waals surface area contributed by atoms with E-state index in [1.807, 2.05) is 72.3 Å². The first kappa shape index (κ1) is 26.8. The molecule has 3 aromatic rings. The van der Waals surface area contributed by atoms with Crippen LogP contribution in [0.4, 0.5) is 0 Å². The zero-order chi connectivity index (χ0) is 24.6. The Kier molecular flexibility index (Phi) is 12.0. The lowest BCUT2D eigenvalue weighted by atomic mass is 10.1. The average molecular weight is 444 g/mol. The molecule has 0 fully saturated rings. The zero-order valence-corrected chi connectivity index (χ0v) is 18.9. The van der Waals surface area contributed by atoms with Crippen LogP contribution in [0.1, 0.15) is 37.5 Å². The Labute approximate surface area is 195 Å². The summed E-state index contributed by atoms with van der Waals surface area (Å²) in [5, 5.41) is 2.52. The number of hydrogen-bond donors (Lipinski definition) is 2. The molecule has 6 nitrogen and oxygen atoms in total. The summed E-state index contributed by atoms with van der Waals surface area (Å²) in [6.45, 7) is 2.51. The molecule has 1 heterocycles. The molecule has 3 N–H and O–H groups in total. The van der Waals surface area contributed by atoms with Gasteiger partial charge in [-0.05, 0) is 43.8 Å². The van der Waals surface area contributed by atoms with E-state index in [4.69, 9.17) is 0 Å². The van der Waals surface area contributed by atoms with E-state index in [0.717, 1.165) is 11.1 Å². The minimum atomic E-state index is -0.288. The summed E-state index contributed by atoms with van der Waals surface area (Å²) in [6, 6.07) is 18.3. The van der Waals surface area contributed by atoms with Gasteiger partial charge in [-0.2, -0.15) is 0 Å². The Morgan fingerprint density at radius 1 is 1.00 bits per heavy atom. The molecular weight excluding hydrogens is 414 g/mol. The third kappa shape index (κ3) is 8.09. The highest BCUT2D eigenvalue weighted by molar-refractivity contribution is 6.08. The first-order valence-corrected chi connectivity index (χ1v) is 10.2. The molecule has 0 aliphatic rings. The van der Waals surface area contributed by atoms with Crippen LogP contribution in [0.5, 0.6) is 0 Å². The molecule has 33 heavy (non-hydrogen) atoms. The maximum Gasteiger partial charge on any atom is 0.251 e. The minimum Gasteiger partial charge on any atom is -0.345 e. The van der Waals surface area contributed by atoms with Crippen molar-refractivity contribution in [3.8, 4) is 12.8 Å². The molecule has 6 heteroatoms. The van der Waals surface area contributed by atoms with Gasteiger partial charge in [0.25, 0.3) is 5.91 Å². The first-order valence-electron chi connectivity index (χ1n) is 10.2. The molecule has 0 saturated carbocycles. The molecule has 0 bridgehead atoms. The number of hydrogen-bond acceptors (Lipinski definition) is 4. The topological polar surface area (TPSA) is 94.2 Å². The van der Waals surface area contributed by atoms with Crippen molar-refractivity contribution >= 4 is 24.1 Å². The van der Waals surface area contributed by atoms with Gasteiger partial charge in [-0.15, -0.1) is 12.8 Å². The second kappa shape index (κ2) is 14.7. The van der Waals surface area contributed by atoms with Gasteiger partial charge in [-0.3, -0.25) is 9.59 Å². The van der Waals surface area contributed by atoms with Gasteiger partial charge in [0.1, 0.15) is 6.29 Å². The highest BCUT2D eigenvalue weighted by atomic mass is 16.2. The van der Waals surface area contributed by atoms with Crippen LogP contribution >= 0.6 is 0 Å². The van der Waals surface area contributed by atoms with Crippen molar-refractivity contribution in [2.75, 3.05) is 13.6 Å². The molecule has 1 aromatic heterocycles. The van der Waals surface area contributed by atoms with E-state index in [9.17, 15) is 14.4 Å². The molecule has 1 amide bonds. The van der Waals surface area contributed by atoms with Gasteiger partial charge in [-0.25, -0.2) is 0 Å². The number of amides is 1. The summed E-state index contributed by atoms with van der Waals surface area (Å²) in [5.74, 6) is -0.305. The number of nitrogens with zero attached hydrogens (tertiary/aromatic N) is 1. The number of nitrogens with one attached hydrogen (secondary N) is 1. The van der Waals surface area contributed by atoms with Crippen molar-refractivity contribution in [1.29, 1.82) is 0 Å². The summed E-state index contributed by atoms with van der Waals surface area (Å²) in [4.78, 5) is 35.1. The Morgan fingerprint density at radius 2 is 1.70 bits per heavy atom. The molecule has 0 unspecified atom stereocenters. The van der Waals surface area contributed by atoms with Crippen LogP contribution in [0.3, 0.4) is 0 Å². The van der Waals surface area contributed by atoms with Crippen molar-refractivity contribution in [1.82, 2.24) is 9.88 Å². The normalized spacial score (nSPS) is 9.73. The van der Waals surface area contributed by atoms with E-state index in [2.05, 4.69) is 23.9 Å². The lowest BCUT2D eigenvalue weighted by molar-refractivity contribution is -0.107. The molecule has 0 radical (unpaired) electrons. The van der Waals surface area contributed by atoms with Crippen LogP contribution in [0, 0.1) is 19.8 Å². The lowest BCUT2D eigenvalue weighted by Crippen LogP contribution is -2.25. The van der Waals surface area contributed by atoms with Crippen LogP contribution < -0.4 is 11.1 Å². The van der Waals surface area contributed by atoms with E-state index in [1.54, 1.807) is 18.2 Å². The second-order valence-electron chi connectivity index (χ2n) is 6.65. The van der Waals surface area contributed by atoms with Gasteiger partial charge in [0, 0.05) is 23.9 Å². The van der Waals surface area contributed by atoms with Gasteiger partial charge in [0.05, 0.1) is 12.2 Å². The fourth-order valence-corrected chi connectivity index (χ4v) is 2.95. The van der Waals surface area contributed by atoms with Crippen LogP contribution in [-0.4, -0.2) is 36.1 Å². The van der Waals surface area contributed by atoms with Crippen molar-refractivity contribution < 1.29 is 14.4 Å². The standard InChI is InChI=1S/C24H22N2O3.C2H2.CH5N/c1-18-9-11-20(12-10-18)23(28)22-8-4-15-26(22)14-3-6-19-5-2-7-21(17-19)24(29)25-13-16-27;2*1-2/h2-12,15-17H,13-14H2,1H3,(H,25,29);1-2H;2H2,1H3/b6-3+;;. The second-order valence-corrected chi connectivity index (χ2v) is 6.65. The first-order chi connectivity index (χ1) is 16.1. The summed E-state index contributed by atoms with van der Waals surface area (Å²) >= 11 is 0. The molecular formula is C27H29N3O3. The van der Waals surface area contributed by atoms with Crippen LogP contribution in [0.25, 0.3) is 6.08 Å². The SMILES string of the molecule is C#C.CN.Cc1ccc(C(=O)c2cccn2C/C=C/c2cccc(C(=O)NCC=O)c2)cc1. The number of aryl methyl sites for hydroxylation is 1. The van der Waals surface area contributed by atoms with Gasteiger partial charge in [0.2, 0.25) is 5.78 Å². The smallest absolute Gasteiger partial charge is 0.251 e. The Bertz CT molecular complexity index is 1090. The summed E-state index contributed by atoms with van der Waals surface area (Å²) in [7, 11) is 1.50. The number of ketones is 1. The number of benzene rings is 2. The fourth-order valence-electron chi connectivity index (χ4n) is 2.95. The summed E-state index contributed by atoms with van der Waals surface area (Å²) in [6.07, 6.45) is 14.4. The van der Waals surface area contributed by atoms with E-state index in [1.165, 1.54) is 7.05 Å². The number of aldehydes is 1. The largest absolute Gasteiger partial charge is 0.345 e. The number of rotatable bonds is 8. The maximum atomic E-state index is 12.8. The number of carbonyl (C=O) groups excluding carboxylic acids is 3. The van der Waals surface area contributed by atoms with Crippen LogP contribution in [-0.2, 0) is 11.3 Å². The molecule has 2 aromatic carbocycles. The molecule has 0 atom stereocenters.